The number of rotatable bonds is 3. The van der Waals surface area contributed by atoms with Gasteiger partial charge in [0.2, 0.25) is 0 Å². The quantitative estimate of drug-likeness (QED) is 0.446. The van der Waals surface area contributed by atoms with E-state index in [1.807, 2.05) is 19.9 Å². The molecule has 0 unspecified atom stereocenters. The standard InChI is InChI=1S/C10H14O/c1-5-6-10(9(4)11)7-8(2)3/h5-7H,2H2,1,3-4H3/b6-5-,10-7+. The molecule has 0 atom stereocenters. The number of carbonyl (C=O) groups excluding carboxylic acids is 1. The fourth-order valence-electron chi connectivity index (χ4n) is 0.712. The van der Waals surface area contributed by atoms with Crippen molar-refractivity contribution in [1.29, 1.82) is 0 Å². The molecule has 0 rings (SSSR count). The summed E-state index contributed by atoms with van der Waals surface area (Å²) in [6.07, 6.45) is 5.41. The lowest BCUT2D eigenvalue weighted by molar-refractivity contribution is -0.113. The Bertz CT molecular complexity index is 219. The van der Waals surface area contributed by atoms with Gasteiger partial charge in [-0.1, -0.05) is 24.3 Å². The highest BCUT2D eigenvalue weighted by atomic mass is 16.1. The van der Waals surface area contributed by atoms with Gasteiger partial charge in [-0.05, 0) is 26.8 Å². The predicted molar refractivity (Wildman–Crippen MR) is 48.4 cm³/mol. The van der Waals surface area contributed by atoms with Crippen LogP contribution in [0.4, 0.5) is 0 Å². The minimum absolute atomic E-state index is 0.0751. The second kappa shape index (κ2) is 4.67. The van der Waals surface area contributed by atoms with Crippen molar-refractivity contribution in [3.05, 3.63) is 36.0 Å². The highest BCUT2D eigenvalue weighted by Gasteiger charge is 1.96. The number of hydrogen-bond acceptors (Lipinski definition) is 1. The Morgan fingerprint density at radius 2 is 1.91 bits per heavy atom. The minimum Gasteiger partial charge on any atom is -0.295 e. The van der Waals surface area contributed by atoms with Crippen LogP contribution in [0, 0.1) is 0 Å². The molecule has 1 nitrogen and oxygen atoms in total. The van der Waals surface area contributed by atoms with Crippen molar-refractivity contribution in [2.45, 2.75) is 20.8 Å². The van der Waals surface area contributed by atoms with Gasteiger partial charge in [-0.3, -0.25) is 4.79 Å². The van der Waals surface area contributed by atoms with Gasteiger partial charge in [0.1, 0.15) is 0 Å². The molecule has 0 amide bonds. The van der Waals surface area contributed by atoms with Crippen LogP contribution in [-0.4, -0.2) is 5.78 Å². The molecule has 0 bridgehead atoms. The first-order chi connectivity index (χ1) is 5.07. The molecule has 0 N–H and O–H groups in total. The molecule has 0 aromatic rings. The normalized spacial score (nSPS) is 12.1. The molecule has 0 aliphatic heterocycles. The molecule has 0 aromatic heterocycles. The molecule has 0 heterocycles. The summed E-state index contributed by atoms with van der Waals surface area (Å²) in [5.41, 5.74) is 1.60. The van der Waals surface area contributed by atoms with Gasteiger partial charge in [-0.25, -0.2) is 0 Å². The van der Waals surface area contributed by atoms with Crippen LogP contribution < -0.4 is 0 Å². The average molecular weight is 150 g/mol. The van der Waals surface area contributed by atoms with E-state index in [9.17, 15) is 4.79 Å². The summed E-state index contributed by atoms with van der Waals surface area (Å²) in [5, 5.41) is 0. The summed E-state index contributed by atoms with van der Waals surface area (Å²) in [6.45, 7) is 9.00. The SMILES string of the molecule is C=C(C)/C=C(\C=C/C)C(C)=O. The summed E-state index contributed by atoms with van der Waals surface area (Å²) in [6, 6.07) is 0. The first-order valence-corrected chi connectivity index (χ1v) is 3.58. The van der Waals surface area contributed by atoms with Crippen LogP contribution in [0.15, 0.2) is 36.0 Å². The number of ketones is 1. The van der Waals surface area contributed by atoms with E-state index in [1.54, 1.807) is 19.1 Å². The van der Waals surface area contributed by atoms with Gasteiger partial charge in [0.05, 0.1) is 0 Å². The monoisotopic (exact) mass is 150 g/mol. The lowest BCUT2D eigenvalue weighted by Gasteiger charge is -1.94. The van der Waals surface area contributed by atoms with Gasteiger partial charge in [0, 0.05) is 5.57 Å². The van der Waals surface area contributed by atoms with Crippen LogP contribution in [0.2, 0.25) is 0 Å². The van der Waals surface area contributed by atoms with E-state index in [0.717, 1.165) is 5.57 Å². The van der Waals surface area contributed by atoms with Crippen LogP contribution in [0.5, 0.6) is 0 Å². The molecule has 1 heteroatoms. The third-order valence-electron chi connectivity index (χ3n) is 1.15. The Balaban J connectivity index is 4.59. The Hall–Kier alpha value is -1.11. The molecule has 0 fully saturated rings. The summed E-state index contributed by atoms with van der Waals surface area (Å²) >= 11 is 0. The van der Waals surface area contributed by atoms with Crippen molar-refractivity contribution in [3.63, 3.8) is 0 Å². The molecule has 11 heavy (non-hydrogen) atoms. The molecule has 0 aromatic carbocycles. The largest absolute Gasteiger partial charge is 0.295 e. The zero-order chi connectivity index (χ0) is 8.85. The molecule has 60 valence electrons. The number of hydrogen-bond donors (Lipinski definition) is 0. The molecule has 0 spiro atoms. The molecule has 0 aliphatic carbocycles. The topological polar surface area (TPSA) is 17.1 Å². The molecule has 0 saturated heterocycles. The van der Waals surface area contributed by atoms with Crippen LogP contribution in [0.1, 0.15) is 20.8 Å². The van der Waals surface area contributed by atoms with Crippen LogP contribution in [0.3, 0.4) is 0 Å². The van der Waals surface area contributed by atoms with Crippen molar-refractivity contribution in [1.82, 2.24) is 0 Å². The Labute approximate surface area is 68.1 Å². The maximum atomic E-state index is 10.9. The van der Waals surface area contributed by atoms with Crippen LogP contribution >= 0.6 is 0 Å². The Kier molecular flexibility index (Phi) is 4.20. The molecule has 0 saturated carbocycles. The predicted octanol–water partition coefficient (Wildman–Crippen LogP) is 2.65. The lowest BCUT2D eigenvalue weighted by Crippen LogP contribution is -1.92. The van der Waals surface area contributed by atoms with Gasteiger partial charge in [-0.2, -0.15) is 0 Å². The average Bonchev–Trinajstić information content (AvgIpc) is 1.86. The van der Waals surface area contributed by atoms with Crippen molar-refractivity contribution in [2.24, 2.45) is 0 Å². The summed E-state index contributed by atoms with van der Waals surface area (Å²) in [4.78, 5) is 10.9. The Morgan fingerprint density at radius 3 is 2.18 bits per heavy atom. The van der Waals surface area contributed by atoms with E-state index in [0.29, 0.717) is 5.57 Å². The third kappa shape index (κ3) is 4.31. The van der Waals surface area contributed by atoms with E-state index >= 15 is 0 Å². The van der Waals surface area contributed by atoms with E-state index < -0.39 is 0 Å². The summed E-state index contributed by atoms with van der Waals surface area (Å²) in [7, 11) is 0. The smallest absolute Gasteiger partial charge is 0.159 e. The lowest BCUT2D eigenvalue weighted by atomic mass is 10.1. The van der Waals surface area contributed by atoms with Crippen molar-refractivity contribution < 1.29 is 4.79 Å². The number of carbonyl (C=O) groups is 1. The zero-order valence-corrected chi connectivity index (χ0v) is 7.35. The zero-order valence-electron chi connectivity index (χ0n) is 7.35. The van der Waals surface area contributed by atoms with Gasteiger partial charge >= 0.3 is 0 Å². The highest BCUT2D eigenvalue weighted by molar-refractivity contribution is 5.96. The molecular formula is C10H14O. The Morgan fingerprint density at radius 1 is 1.36 bits per heavy atom. The van der Waals surface area contributed by atoms with E-state index in [1.165, 1.54) is 0 Å². The van der Waals surface area contributed by atoms with Crippen LogP contribution in [-0.2, 0) is 4.79 Å². The van der Waals surface area contributed by atoms with Gasteiger partial charge < -0.3 is 0 Å². The summed E-state index contributed by atoms with van der Waals surface area (Å²) < 4.78 is 0. The van der Waals surface area contributed by atoms with E-state index in [-0.39, 0.29) is 5.78 Å². The number of allylic oxidation sites excluding steroid dienone is 5. The van der Waals surface area contributed by atoms with E-state index in [4.69, 9.17) is 0 Å². The summed E-state index contributed by atoms with van der Waals surface area (Å²) in [5.74, 6) is 0.0751. The minimum atomic E-state index is 0.0751. The molecule has 0 radical (unpaired) electrons. The van der Waals surface area contributed by atoms with Gasteiger partial charge in [0.15, 0.2) is 5.78 Å². The highest BCUT2D eigenvalue weighted by Crippen LogP contribution is 2.03. The molecule has 0 aliphatic rings. The second-order valence-corrected chi connectivity index (χ2v) is 2.50. The van der Waals surface area contributed by atoms with Gasteiger partial charge in [-0.15, -0.1) is 0 Å². The van der Waals surface area contributed by atoms with Crippen LogP contribution in [0.25, 0.3) is 0 Å². The fraction of sp³-hybridized carbons (Fsp3) is 0.300. The first kappa shape index (κ1) is 9.89. The van der Waals surface area contributed by atoms with E-state index in [2.05, 4.69) is 6.58 Å². The van der Waals surface area contributed by atoms with Crippen molar-refractivity contribution in [2.75, 3.05) is 0 Å². The van der Waals surface area contributed by atoms with Crippen molar-refractivity contribution in [3.8, 4) is 0 Å². The third-order valence-corrected chi connectivity index (χ3v) is 1.15. The van der Waals surface area contributed by atoms with Gasteiger partial charge in [0.25, 0.3) is 0 Å². The maximum Gasteiger partial charge on any atom is 0.159 e. The van der Waals surface area contributed by atoms with Crippen molar-refractivity contribution >= 4 is 5.78 Å². The molecular weight excluding hydrogens is 136 g/mol. The fourth-order valence-corrected chi connectivity index (χ4v) is 0.712. The first-order valence-electron chi connectivity index (χ1n) is 3.58. The number of Topliss-reactive ketones (excluding diaryl/α,β-unsaturated/α-hetero) is 1. The maximum absolute atomic E-state index is 10.9. The second-order valence-electron chi connectivity index (χ2n) is 2.50.